The molecule has 0 saturated carbocycles. The predicted octanol–water partition coefficient (Wildman–Crippen LogP) is 1.72. The molecule has 1 aromatic carbocycles. The minimum absolute atomic E-state index is 0.0376. The topological polar surface area (TPSA) is 80.0 Å². The van der Waals surface area contributed by atoms with Crippen molar-refractivity contribution in [3.05, 3.63) is 42.5 Å². The second-order valence-corrected chi connectivity index (χ2v) is 6.03. The third kappa shape index (κ3) is 5.17. The molecule has 2 aromatic rings. The maximum absolute atomic E-state index is 12.1. The number of carbonyl (C=O) groups is 1. The van der Waals surface area contributed by atoms with Crippen LogP contribution in [0.3, 0.4) is 0 Å². The van der Waals surface area contributed by atoms with Gasteiger partial charge >= 0.3 is 0 Å². The smallest absolute Gasteiger partial charge is 0.220 e. The normalized spacial score (nSPS) is 12.3. The van der Waals surface area contributed by atoms with Crippen LogP contribution in [-0.2, 0) is 11.2 Å². The molecule has 0 aliphatic carbocycles. The van der Waals surface area contributed by atoms with E-state index in [-0.39, 0.29) is 18.6 Å². The average Bonchev–Trinajstić information content (AvgIpc) is 3.01. The van der Waals surface area contributed by atoms with E-state index in [4.69, 9.17) is 0 Å². The largest absolute Gasteiger partial charge is 0.394 e. The standard InChI is InChI=1S/C17H24N4O2/c1-13(2)10-14(11-22)19-17(23)9-8-16-20-18-12-21(16)15-6-4-3-5-7-15/h3-7,12-14,22H,8-11H2,1-2H3,(H,19,23). The van der Waals surface area contributed by atoms with Gasteiger partial charge in [0.15, 0.2) is 0 Å². The lowest BCUT2D eigenvalue weighted by Gasteiger charge is -2.18. The summed E-state index contributed by atoms with van der Waals surface area (Å²) in [5.41, 5.74) is 0.973. The van der Waals surface area contributed by atoms with Gasteiger partial charge in [0.25, 0.3) is 0 Å². The van der Waals surface area contributed by atoms with Gasteiger partial charge in [0.1, 0.15) is 12.2 Å². The zero-order valence-corrected chi connectivity index (χ0v) is 13.6. The van der Waals surface area contributed by atoms with Crippen LogP contribution in [-0.4, -0.2) is 38.4 Å². The molecule has 1 heterocycles. The van der Waals surface area contributed by atoms with Crippen molar-refractivity contribution in [3.63, 3.8) is 0 Å². The van der Waals surface area contributed by atoms with Crippen LogP contribution in [0.5, 0.6) is 0 Å². The van der Waals surface area contributed by atoms with Crippen LogP contribution in [0.15, 0.2) is 36.7 Å². The number of aromatic nitrogens is 3. The Hall–Kier alpha value is -2.21. The van der Waals surface area contributed by atoms with E-state index in [2.05, 4.69) is 29.4 Å². The van der Waals surface area contributed by atoms with Crippen molar-refractivity contribution in [2.45, 2.75) is 39.2 Å². The van der Waals surface area contributed by atoms with Crippen molar-refractivity contribution in [2.24, 2.45) is 5.92 Å². The summed E-state index contributed by atoms with van der Waals surface area (Å²) in [5, 5.41) is 20.2. The number of aryl methyl sites for hydroxylation is 1. The van der Waals surface area contributed by atoms with Crippen LogP contribution < -0.4 is 5.32 Å². The molecular formula is C17H24N4O2. The molecule has 6 heteroatoms. The molecule has 124 valence electrons. The van der Waals surface area contributed by atoms with Crippen LogP contribution in [0.25, 0.3) is 5.69 Å². The molecular weight excluding hydrogens is 292 g/mol. The van der Waals surface area contributed by atoms with E-state index < -0.39 is 0 Å². The van der Waals surface area contributed by atoms with Gasteiger partial charge in [0, 0.05) is 18.5 Å². The maximum atomic E-state index is 12.1. The Bertz CT molecular complexity index is 610. The van der Waals surface area contributed by atoms with Gasteiger partial charge in [-0.3, -0.25) is 9.36 Å². The molecule has 1 aromatic heterocycles. The predicted molar refractivity (Wildman–Crippen MR) is 88.2 cm³/mol. The number of amides is 1. The molecule has 23 heavy (non-hydrogen) atoms. The van der Waals surface area contributed by atoms with Crippen LogP contribution in [0, 0.1) is 5.92 Å². The first-order chi connectivity index (χ1) is 11.1. The van der Waals surface area contributed by atoms with Crippen LogP contribution in [0.4, 0.5) is 0 Å². The molecule has 0 aliphatic heterocycles. The summed E-state index contributed by atoms with van der Waals surface area (Å²) < 4.78 is 1.88. The number of hydrogen-bond acceptors (Lipinski definition) is 4. The van der Waals surface area contributed by atoms with Gasteiger partial charge < -0.3 is 10.4 Å². The number of para-hydroxylation sites is 1. The Morgan fingerprint density at radius 3 is 2.70 bits per heavy atom. The Kier molecular flexibility index (Phi) is 6.29. The highest BCUT2D eigenvalue weighted by Gasteiger charge is 2.14. The summed E-state index contributed by atoms with van der Waals surface area (Å²) in [6, 6.07) is 9.60. The minimum Gasteiger partial charge on any atom is -0.394 e. The van der Waals surface area contributed by atoms with Crippen molar-refractivity contribution < 1.29 is 9.90 Å². The van der Waals surface area contributed by atoms with Crippen molar-refractivity contribution in [1.29, 1.82) is 0 Å². The molecule has 0 spiro atoms. The van der Waals surface area contributed by atoms with Gasteiger partial charge in [-0.25, -0.2) is 0 Å². The fraction of sp³-hybridized carbons (Fsp3) is 0.471. The number of rotatable bonds is 8. The zero-order chi connectivity index (χ0) is 16.7. The van der Waals surface area contributed by atoms with E-state index in [1.54, 1.807) is 6.33 Å². The molecule has 1 unspecified atom stereocenters. The lowest BCUT2D eigenvalue weighted by atomic mass is 10.0. The fourth-order valence-electron chi connectivity index (χ4n) is 2.51. The first-order valence-electron chi connectivity index (χ1n) is 7.94. The van der Waals surface area contributed by atoms with Crippen molar-refractivity contribution in [3.8, 4) is 5.69 Å². The number of carbonyl (C=O) groups excluding carboxylic acids is 1. The first-order valence-corrected chi connectivity index (χ1v) is 7.94. The monoisotopic (exact) mass is 316 g/mol. The Labute approximate surface area is 136 Å². The molecule has 0 aliphatic rings. The third-order valence-corrected chi connectivity index (χ3v) is 3.57. The van der Waals surface area contributed by atoms with Crippen LogP contribution in [0.1, 0.15) is 32.5 Å². The number of hydrogen-bond donors (Lipinski definition) is 2. The molecule has 0 fully saturated rings. The second kappa shape index (κ2) is 8.43. The lowest BCUT2D eigenvalue weighted by molar-refractivity contribution is -0.122. The molecule has 0 radical (unpaired) electrons. The molecule has 2 N–H and O–H groups in total. The minimum atomic E-state index is -0.186. The van der Waals surface area contributed by atoms with Gasteiger partial charge in [-0.2, -0.15) is 0 Å². The fourth-order valence-corrected chi connectivity index (χ4v) is 2.51. The summed E-state index contributed by atoms with van der Waals surface area (Å²) in [6.45, 7) is 4.10. The first kappa shape index (κ1) is 17.1. The van der Waals surface area contributed by atoms with Gasteiger partial charge in [-0.05, 0) is 24.5 Å². The molecule has 0 bridgehead atoms. The van der Waals surface area contributed by atoms with Gasteiger partial charge in [0.2, 0.25) is 5.91 Å². The van der Waals surface area contributed by atoms with E-state index in [1.807, 2.05) is 34.9 Å². The van der Waals surface area contributed by atoms with Crippen molar-refractivity contribution in [2.75, 3.05) is 6.61 Å². The second-order valence-electron chi connectivity index (χ2n) is 6.03. The summed E-state index contributed by atoms with van der Waals surface area (Å²) in [6.07, 6.45) is 3.24. The van der Waals surface area contributed by atoms with Crippen LogP contribution >= 0.6 is 0 Å². The summed E-state index contributed by atoms with van der Waals surface area (Å²) in [7, 11) is 0. The number of benzene rings is 1. The number of nitrogens with zero attached hydrogens (tertiary/aromatic N) is 3. The van der Waals surface area contributed by atoms with E-state index in [1.165, 1.54) is 0 Å². The van der Waals surface area contributed by atoms with Crippen molar-refractivity contribution >= 4 is 5.91 Å². The highest BCUT2D eigenvalue weighted by Crippen LogP contribution is 2.10. The summed E-state index contributed by atoms with van der Waals surface area (Å²) in [5.74, 6) is 1.09. The highest BCUT2D eigenvalue weighted by molar-refractivity contribution is 5.76. The van der Waals surface area contributed by atoms with Crippen molar-refractivity contribution in [1.82, 2.24) is 20.1 Å². The van der Waals surface area contributed by atoms with Gasteiger partial charge in [-0.15, -0.1) is 10.2 Å². The maximum Gasteiger partial charge on any atom is 0.220 e. The molecule has 0 saturated heterocycles. The summed E-state index contributed by atoms with van der Waals surface area (Å²) in [4.78, 5) is 12.1. The molecule has 1 amide bonds. The Morgan fingerprint density at radius 2 is 2.04 bits per heavy atom. The number of aliphatic hydroxyl groups is 1. The van der Waals surface area contributed by atoms with Gasteiger partial charge in [0.05, 0.1) is 12.6 Å². The Balaban J connectivity index is 1.91. The van der Waals surface area contributed by atoms with E-state index in [0.717, 1.165) is 17.9 Å². The molecule has 1 atom stereocenters. The third-order valence-electron chi connectivity index (χ3n) is 3.57. The summed E-state index contributed by atoms with van der Waals surface area (Å²) >= 11 is 0. The van der Waals surface area contributed by atoms with Crippen LogP contribution in [0.2, 0.25) is 0 Å². The molecule has 6 nitrogen and oxygen atoms in total. The zero-order valence-electron chi connectivity index (χ0n) is 13.6. The number of nitrogens with one attached hydrogen (secondary N) is 1. The highest BCUT2D eigenvalue weighted by atomic mass is 16.3. The van der Waals surface area contributed by atoms with E-state index in [9.17, 15) is 9.90 Å². The average molecular weight is 316 g/mol. The lowest BCUT2D eigenvalue weighted by Crippen LogP contribution is -2.38. The Morgan fingerprint density at radius 1 is 1.30 bits per heavy atom. The van der Waals surface area contributed by atoms with E-state index in [0.29, 0.717) is 18.8 Å². The number of aliphatic hydroxyl groups excluding tert-OH is 1. The molecule has 2 rings (SSSR count). The SMILES string of the molecule is CC(C)CC(CO)NC(=O)CCc1nncn1-c1ccccc1. The quantitative estimate of drug-likeness (QED) is 0.777. The van der Waals surface area contributed by atoms with E-state index >= 15 is 0 Å². The van der Waals surface area contributed by atoms with Gasteiger partial charge in [-0.1, -0.05) is 32.0 Å².